The molecule has 29 heavy (non-hydrogen) atoms. The third-order valence-corrected chi connectivity index (χ3v) is 8.99. The average molecular weight is 396 g/mol. The van der Waals surface area contributed by atoms with Crippen LogP contribution in [-0.2, 0) is 25.2 Å². The molecule has 2 aromatic rings. The van der Waals surface area contributed by atoms with Crippen LogP contribution >= 0.6 is 0 Å². The predicted octanol–water partition coefficient (Wildman–Crippen LogP) is -1.23. The number of hydrogen-bond donors (Lipinski definition) is 0. The first kappa shape index (κ1) is 15.8. The molecule has 2 aromatic heterocycles. The normalized spacial score (nSPS) is 43.9. The molecule has 1 saturated carbocycles. The SMILES string of the molecule is Cn1c(=O)n2n(c1=O)[C@@]1(C)C=C[C@@H]2[C@]23C[C@@]21[C@H]1C=C[C@]3(C)n2c(=O)n(C)c(=O)n21. The number of rotatable bonds is 0. The van der Waals surface area contributed by atoms with Gasteiger partial charge in [0.25, 0.3) is 0 Å². The van der Waals surface area contributed by atoms with Gasteiger partial charge in [0, 0.05) is 24.9 Å². The Labute approximate surface area is 163 Å². The molecule has 6 atom stereocenters. The summed E-state index contributed by atoms with van der Waals surface area (Å²) >= 11 is 0. The number of allylic oxidation sites excluding steroid dienone is 4. The zero-order valence-electron chi connectivity index (χ0n) is 16.5. The minimum Gasteiger partial charge on any atom is -0.246 e. The molecule has 9 rings (SSSR count). The summed E-state index contributed by atoms with van der Waals surface area (Å²) < 4.78 is 8.60. The first-order valence-electron chi connectivity index (χ1n) is 9.81. The summed E-state index contributed by atoms with van der Waals surface area (Å²) in [6, 6.07) is -0.724. The van der Waals surface area contributed by atoms with Crippen LogP contribution in [0.5, 0.6) is 0 Å². The van der Waals surface area contributed by atoms with Gasteiger partial charge >= 0.3 is 22.8 Å². The van der Waals surface area contributed by atoms with Gasteiger partial charge in [-0.3, -0.25) is 0 Å². The Kier molecular flexibility index (Phi) is 2.04. The summed E-state index contributed by atoms with van der Waals surface area (Å²) in [6.45, 7) is 3.96. The van der Waals surface area contributed by atoms with Crippen molar-refractivity contribution < 1.29 is 0 Å². The monoisotopic (exact) mass is 396 g/mol. The van der Waals surface area contributed by atoms with Crippen molar-refractivity contribution in [2.75, 3.05) is 0 Å². The molecule has 6 heterocycles. The van der Waals surface area contributed by atoms with Crippen LogP contribution in [0.25, 0.3) is 0 Å². The molecule has 0 aromatic carbocycles. The minimum atomic E-state index is -0.785. The van der Waals surface area contributed by atoms with E-state index in [0.29, 0.717) is 0 Å². The van der Waals surface area contributed by atoms with Crippen molar-refractivity contribution in [2.24, 2.45) is 24.9 Å². The Bertz CT molecular complexity index is 1390. The van der Waals surface area contributed by atoms with Crippen molar-refractivity contribution in [3.05, 3.63) is 66.2 Å². The van der Waals surface area contributed by atoms with E-state index in [0.717, 1.165) is 15.6 Å². The van der Waals surface area contributed by atoms with E-state index in [9.17, 15) is 19.2 Å². The molecule has 10 nitrogen and oxygen atoms in total. The Balaban J connectivity index is 1.69. The Morgan fingerprint density at radius 1 is 0.724 bits per heavy atom. The van der Waals surface area contributed by atoms with E-state index >= 15 is 0 Å². The molecule has 4 aliphatic heterocycles. The van der Waals surface area contributed by atoms with Gasteiger partial charge in [-0.05, 0) is 20.3 Å². The summed E-state index contributed by atoms with van der Waals surface area (Å²) in [4.78, 5) is 52.1. The van der Waals surface area contributed by atoms with Gasteiger partial charge in [-0.2, -0.15) is 0 Å². The predicted molar refractivity (Wildman–Crippen MR) is 101 cm³/mol. The quantitative estimate of drug-likeness (QED) is 0.521. The van der Waals surface area contributed by atoms with Crippen LogP contribution in [0.2, 0.25) is 0 Å². The van der Waals surface area contributed by atoms with Gasteiger partial charge in [0.2, 0.25) is 0 Å². The zero-order chi connectivity index (χ0) is 20.5. The maximum absolute atomic E-state index is 13.0. The van der Waals surface area contributed by atoms with Crippen LogP contribution in [0.15, 0.2) is 43.5 Å². The highest BCUT2D eigenvalue weighted by atomic mass is 16.2. The fourth-order valence-electron chi connectivity index (χ4n) is 7.72. The highest BCUT2D eigenvalue weighted by Crippen LogP contribution is 2.89. The topological polar surface area (TPSA) is 97.9 Å². The molecule has 1 fully saturated rings. The molecule has 0 unspecified atom stereocenters. The van der Waals surface area contributed by atoms with E-state index in [2.05, 4.69) is 0 Å². The van der Waals surface area contributed by atoms with E-state index in [4.69, 9.17) is 0 Å². The van der Waals surface area contributed by atoms with Crippen LogP contribution in [-0.4, -0.2) is 27.9 Å². The molecule has 0 amide bonds. The number of nitrogens with zero attached hydrogens (tertiary/aromatic N) is 6. The standard InChI is InChI=1S/C19H20N6O4/c1-16-7-5-11(22-12(26)20(3)14(28)24(16)22)19-9-18(16,19)10-6-8-17(19,2)25-15(29)21(4)13(27)23(10)25/h5-8,10-11H,9H2,1-4H3/t10-,11-,16+,17+,18+,19+/m1/s1. The first-order chi connectivity index (χ1) is 13.6. The molecule has 0 radical (unpaired) electrons. The van der Waals surface area contributed by atoms with Gasteiger partial charge in [0.15, 0.2) is 0 Å². The number of aromatic nitrogens is 6. The van der Waals surface area contributed by atoms with Crippen molar-refractivity contribution in [2.45, 2.75) is 43.4 Å². The fraction of sp³-hybridized carbons (Fsp3) is 0.579. The van der Waals surface area contributed by atoms with Crippen molar-refractivity contribution in [3.63, 3.8) is 0 Å². The smallest absolute Gasteiger partial charge is 0.246 e. The summed E-state index contributed by atoms with van der Waals surface area (Å²) in [7, 11) is 2.99. The lowest BCUT2D eigenvalue weighted by molar-refractivity contribution is -0.0874. The zero-order valence-corrected chi connectivity index (χ0v) is 16.5. The van der Waals surface area contributed by atoms with Gasteiger partial charge in [-0.25, -0.2) is 47.0 Å². The Morgan fingerprint density at radius 2 is 1.10 bits per heavy atom. The molecule has 0 saturated heterocycles. The molecule has 3 aliphatic carbocycles. The van der Waals surface area contributed by atoms with Crippen LogP contribution in [0.3, 0.4) is 0 Å². The molecule has 10 heteroatoms. The Hall–Kier alpha value is -3.04. The van der Waals surface area contributed by atoms with Crippen LogP contribution < -0.4 is 22.8 Å². The first-order valence-corrected chi connectivity index (χ1v) is 9.81. The van der Waals surface area contributed by atoms with Crippen LogP contribution in [0, 0.1) is 10.8 Å². The van der Waals surface area contributed by atoms with Gasteiger partial charge in [-0.15, -0.1) is 0 Å². The molecule has 7 aliphatic rings. The van der Waals surface area contributed by atoms with Crippen molar-refractivity contribution in [3.8, 4) is 0 Å². The highest BCUT2D eigenvalue weighted by molar-refractivity contribution is 5.50. The second-order valence-corrected chi connectivity index (χ2v) is 9.58. The highest BCUT2D eigenvalue weighted by Gasteiger charge is 2.92. The summed E-state index contributed by atoms with van der Waals surface area (Å²) in [6.07, 6.45) is 8.80. The summed E-state index contributed by atoms with van der Waals surface area (Å²) in [5, 5.41) is 0. The lowest BCUT2D eigenvalue weighted by Crippen LogP contribution is -2.70. The molecule has 0 spiro atoms. The van der Waals surface area contributed by atoms with E-state index in [1.54, 1.807) is 18.7 Å². The lowest BCUT2D eigenvalue weighted by Gasteiger charge is -2.62. The van der Waals surface area contributed by atoms with Crippen molar-refractivity contribution in [1.29, 1.82) is 0 Å². The van der Waals surface area contributed by atoms with Crippen molar-refractivity contribution in [1.82, 2.24) is 27.9 Å². The summed E-state index contributed by atoms with van der Waals surface area (Å²) in [5.74, 6) is 0. The Morgan fingerprint density at radius 3 is 1.48 bits per heavy atom. The molecule has 0 N–H and O–H groups in total. The van der Waals surface area contributed by atoms with E-state index in [-0.39, 0.29) is 34.8 Å². The lowest BCUT2D eigenvalue weighted by atomic mass is 9.55. The van der Waals surface area contributed by atoms with E-state index < -0.39 is 21.9 Å². The maximum Gasteiger partial charge on any atom is 0.347 e. The maximum atomic E-state index is 13.0. The average Bonchev–Trinajstić information content (AvgIpc) is 3.36. The van der Waals surface area contributed by atoms with E-state index in [1.165, 1.54) is 14.1 Å². The van der Waals surface area contributed by atoms with Crippen molar-refractivity contribution >= 4 is 0 Å². The van der Waals surface area contributed by atoms with Crippen LogP contribution in [0.4, 0.5) is 0 Å². The third-order valence-electron chi connectivity index (χ3n) is 8.99. The minimum absolute atomic E-state index is 0.350. The molecular formula is C19H20N6O4. The molecule has 4 bridgehead atoms. The van der Waals surface area contributed by atoms with Crippen LogP contribution in [0.1, 0.15) is 32.4 Å². The third kappa shape index (κ3) is 1.05. The largest absolute Gasteiger partial charge is 0.347 e. The molecular weight excluding hydrogens is 376 g/mol. The van der Waals surface area contributed by atoms with Gasteiger partial charge in [-0.1, -0.05) is 24.3 Å². The van der Waals surface area contributed by atoms with Gasteiger partial charge < -0.3 is 0 Å². The molecule has 150 valence electrons. The van der Waals surface area contributed by atoms with Gasteiger partial charge in [0.1, 0.15) is 0 Å². The van der Waals surface area contributed by atoms with E-state index in [1.807, 2.05) is 38.2 Å². The summed E-state index contributed by atoms with van der Waals surface area (Å²) in [5.41, 5.74) is -3.89. The van der Waals surface area contributed by atoms with Gasteiger partial charge in [0.05, 0.1) is 23.2 Å². The number of hydrogen-bond acceptors (Lipinski definition) is 4. The second kappa shape index (κ2) is 3.73. The second-order valence-electron chi connectivity index (χ2n) is 9.58. The fourth-order valence-corrected chi connectivity index (χ4v) is 7.72.